The Morgan fingerprint density at radius 2 is 1.62 bits per heavy atom. The van der Waals surface area contributed by atoms with Crippen LogP contribution in [0.3, 0.4) is 0 Å². The van der Waals surface area contributed by atoms with Crippen LogP contribution >= 0.6 is 0 Å². The summed E-state index contributed by atoms with van der Waals surface area (Å²) < 4.78 is 43.2. The number of nitrogen functional groups attached to an aromatic ring is 1. The lowest BCUT2D eigenvalue weighted by molar-refractivity contribution is -0.539. The number of nitrogens with two attached hydrogens (primary N) is 1. The van der Waals surface area contributed by atoms with Gasteiger partial charge in [0.2, 0.25) is 11.2 Å². The van der Waals surface area contributed by atoms with Crippen LogP contribution in [-0.4, -0.2) is 25.1 Å². The Morgan fingerprint density at radius 1 is 0.923 bits per heavy atom. The van der Waals surface area contributed by atoms with Crippen LogP contribution < -0.4 is 20.4 Å². The van der Waals surface area contributed by atoms with Gasteiger partial charge in [0.05, 0.1) is 18.5 Å². The van der Waals surface area contributed by atoms with E-state index < -0.39 is 15.0 Å². The number of rotatable bonds is 5. The first-order valence-electron chi connectivity index (χ1n) is 12.2. The van der Waals surface area contributed by atoms with E-state index in [4.69, 9.17) is 15.5 Å². The van der Waals surface area contributed by atoms with Gasteiger partial charge in [-0.25, -0.2) is 4.98 Å². The molecule has 39 heavy (non-hydrogen) atoms. The third kappa shape index (κ3) is 4.08. The van der Waals surface area contributed by atoms with Crippen molar-refractivity contribution in [2.24, 2.45) is 0 Å². The highest BCUT2D eigenvalue weighted by Gasteiger charge is 2.33. The summed E-state index contributed by atoms with van der Waals surface area (Å²) in [7, 11) is -3.28. The second kappa shape index (κ2) is 9.23. The molecule has 1 heterocycles. The number of hydrogen-bond donors (Lipinski definition) is 3. The number of hydrogen-bond acceptors (Lipinski definition) is 6. The molecule has 1 aromatic heterocycles. The predicted octanol–water partition coefficient (Wildman–Crippen LogP) is 5.71. The summed E-state index contributed by atoms with van der Waals surface area (Å²) in [6, 6.07) is 28.4. The van der Waals surface area contributed by atoms with E-state index in [1.54, 1.807) is 4.57 Å². The van der Waals surface area contributed by atoms with E-state index in [1.807, 2.05) is 91.9 Å². The zero-order chi connectivity index (χ0) is 27.3. The lowest BCUT2D eigenvalue weighted by atomic mass is 10.0. The summed E-state index contributed by atoms with van der Waals surface area (Å²) >= 11 is 0. The normalized spacial score (nSPS) is 11.8. The predicted molar refractivity (Wildman–Crippen MR) is 154 cm³/mol. The molecule has 0 amide bonds. The average Bonchev–Trinajstić information content (AvgIpc) is 2.92. The molecule has 5 aromatic carbocycles. The molecular weight excluding hydrogens is 512 g/mol. The summed E-state index contributed by atoms with van der Waals surface area (Å²) in [5.41, 5.74) is 11.1. The standard InChI is InChI=1S/C30H24N4O4S/c1-18-10-9-15-21-26(18)23(32-19-11-5-3-6-12-19)17-24-27(21)33-28-25(38-2)16-22(31)30(39(35,36)37)29(28)34(24)20-13-7-4-8-14-20/h3-17H,1-2H3,(H3,31,32,35,36,37)/p+1. The van der Waals surface area contributed by atoms with E-state index in [-0.39, 0.29) is 22.5 Å². The van der Waals surface area contributed by atoms with Gasteiger partial charge in [0.15, 0.2) is 16.2 Å². The van der Waals surface area contributed by atoms with E-state index in [1.165, 1.54) is 13.2 Å². The summed E-state index contributed by atoms with van der Waals surface area (Å²) in [6.07, 6.45) is 0. The highest BCUT2D eigenvalue weighted by Crippen LogP contribution is 2.39. The number of nitrogens with one attached hydrogen (secondary N) is 1. The van der Waals surface area contributed by atoms with Gasteiger partial charge in [-0.15, -0.1) is 4.57 Å². The van der Waals surface area contributed by atoms with E-state index in [9.17, 15) is 13.0 Å². The van der Waals surface area contributed by atoms with Crippen molar-refractivity contribution < 1.29 is 22.3 Å². The third-order valence-electron chi connectivity index (χ3n) is 6.78. The SMILES string of the molecule is COc1cc(N)c(S(=O)(=O)O)c2c1nc1c3cccc(C)c3c(Nc3ccccc3)cc1[n+]2-c1ccccc1. The van der Waals surface area contributed by atoms with Gasteiger partial charge in [-0.1, -0.05) is 54.6 Å². The van der Waals surface area contributed by atoms with Crippen molar-refractivity contribution in [3.05, 3.63) is 96.6 Å². The monoisotopic (exact) mass is 537 g/mol. The van der Waals surface area contributed by atoms with Crippen molar-refractivity contribution in [3.8, 4) is 11.4 Å². The van der Waals surface area contributed by atoms with Gasteiger partial charge in [-0.05, 0) is 24.6 Å². The Bertz CT molecular complexity index is 2010. The molecule has 6 aromatic rings. The molecule has 0 fully saturated rings. The van der Waals surface area contributed by atoms with E-state index in [0.717, 1.165) is 27.7 Å². The van der Waals surface area contributed by atoms with E-state index in [2.05, 4.69) is 5.32 Å². The lowest BCUT2D eigenvalue weighted by Crippen LogP contribution is -2.35. The van der Waals surface area contributed by atoms with Crippen molar-refractivity contribution in [2.75, 3.05) is 18.2 Å². The van der Waals surface area contributed by atoms with Gasteiger partial charge >= 0.3 is 10.1 Å². The Hall–Kier alpha value is -4.73. The Labute approximate surface area is 225 Å². The highest BCUT2D eigenvalue weighted by molar-refractivity contribution is 7.86. The number of anilines is 3. The quantitative estimate of drug-likeness (QED) is 0.0848. The summed E-state index contributed by atoms with van der Waals surface area (Å²) in [5.74, 6) is 0.286. The molecule has 0 unspecified atom stereocenters. The second-order valence-electron chi connectivity index (χ2n) is 9.23. The first-order valence-corrected chi connectivity index (χ1v) is 13.6. The third-order valence-corrected chi connectivity index (χ3v) is 7.72. The van der Waals surface area contributed by atoms with Crippen molar-refractivity contribution >= 4 is 60.0 Å². The number of fused-ring (bicyclic) bond motifs is 4. The Kier molecular flexibility index (Phi) is 5.82. The second-order valence-corrected chi connectivity index (χ2v) is 10.6. The Morgan fingerprint density at radius 3 is 2.28 bits per heavy atom. The first-order chi connectivity index (χ1) is 18.8. The molecule has 6 rings (SSSR count). The number of nitrogens with zero attached hydrogens (tertiary/aromatic N) is 2. The maximum Gasteiger partial charge on any atom is 0.303 e. The van der Waals surface area contributed by atoms with E-state index >= 15 is 0 Å². The average molecular weight is 538 g/mol. The number of aromatic nitrogens is 2. The Balaban J connectivity index is 1.90. The molecule has 194 valence electrons. The van der Waals surface area contributed by atoms with Crippen LogP contribution in [0.15, 0.2) is 95.9 Å². The topological polar surface area (TPSA) is 118 Å². The molecule has 0 radical (unpaired) electrons. The molecule has 0 bridgehead atoms. The van der Waals surface area contributed by atoms with Gasteiger partial charge in [0, 0.05) is 40.7 Å². The first kappa shape index (κ1) is 24.6. The minimum atomic E-state index is -4.75. The van der Waals surface area contributed by atoms with Crippen molar-refractivity contribution in [1.29, 1.82) is 0 Å². The molecular formula is C30H25N4O4S+. The molecule has 0 aliphatic carbocycles. The molecule has 8 nitrogen and oxygen atoms in total. The fourth-order valence-electron chi connectivity index (χ4n) is 5.16. The molecule has 0 atom stereocenters. The molecule has 4 N–H and O–H groups in total. The largest absolute Gasteiger partial charge is 0.494 e. The molecule has 9 heteroatoms. The van der Waals surface area contributed by atoms with Crippen LogP contribution in [0, 0.1) is 6.92 Å². The van der Waals surface area contributed by atoms with Gasteiger partial charge in [-0.2, -0.15) is 8.42 Å². The van der Waals surface area contributed by atoms with Crippen molar-refractivity contribution in [2.45, 2.75) is 11.8 Å². The minimum Gasteiger partial charge on any atom is -0.494 e. The number of methoxy groups -OCH3 is 1. The van der Waals surface area contributed by atoms with Crippen LogP contribution in [0.25, 0.3) is 38.5 Å². The smallest absolute Gasteiger partial charge is 0.303 e. The number of aryl methyl sites for hydroxylation is 1. The minimum absolute atomic E-state index is 0.116. The maximum absolute atomic E-state index is 12.7. The van der Waals surface area contributed by atoms with Crippen LogP contribution in [0.4, 0.5) is 17.1 Å². The van der Waals surface area contributed by atoms with Gasteiger partial charge in [0.25, 0.3) is 5.52 Å². The van der Waals surface area contributed by atoms with E-state index in [0.29, 0.717) is 16.7 Å². The van der Waals surface area contributed by atoms with Crippen LogP contribution in [-0.2, 0) is 10.1 Å². The number of benzene rings is 5. The molecule has 0 spiro atoms. The molecule has 0 saturated heterocycles. The van der Waals surface area contributed by atoms with Crippen LogP contribution in [0.2, 0.25) is 0 Å². The van der Waals surface area contributed by atoms with Crippen molar-refractivity contribution in [3.63, 3.8) is 0 Å². The van der Waals surface area contributed by atoms with Gasteiger partial charge in [0.1, 0.15) is 5.52 Å². The summed E-state index contributed by atoms with van der Waals surface area (Å²) in [6.45, 7) is 2.04. The molecule has 0 saturated carbocycles. The van der Waals surface area contributed by atoms with Crippen molar-refractivity contribution in [1.82, 2.24) is 4.98 Å². The highest BCUT2D eigenvalue weighted by atomic mass is 32.2. The fraction of sp³-hybridized carbons (Fsp3) is 0.0667. The number of para-hydroxylation sites is 2. The number of ether oxygens (including phenoxy) is 1. The maximum atomic E-state index is 12.7. The van der Waals surface area contributed by atoms with Gasteiger partial charge in [-0.3, -0.25) is 4.55 Å². The van der Waals surface area contributed by atoms with Crippen LogP contribution in [0.5, 0.6) is 5.75 Å². The fourth-order valence-corrected chi connectivity index (χ4v) is 5.95. The zero-order valence-electron chi connectivity index (χ0n) is 21.2. The molecule has 0 aliphatic heterocycles. The van der Waals surface area contributed by atoms with Gasteiger partial charge < -0.3 is 15.8 Å². The lowest BCUT2D eigenvalue weighted by Gasteiger charge is -2.16. The summed E-state index contributed by atoms with van der Waals surface area (Å²) in [4.78, 5) is 4.53. The zero-order valence-corrected chi connectivity index (χ0v) is 22.0. The molecule has 0 aliphatic rings. The van der Waals surface area contributed by atoms with Crippen LogP contribution in [0.1, 0.15) is 5.56 Å². The summed E-state index contributed by atoms with van der Waals surface area (Å²) in [5, 5.41) is 5.37.